The molecule has 118 valence electrons. The van der Waals surface area contributed by atoms with Crippen LogP contribution in [0.1, 0.15) is 13.3 Å². The minimum atomic E-state index is -3.61. The zero-order valence-corrected chi connectivity index (χ0v) is 13.4. The van der Waals surface area contributed by atoms with Crippen molar-refractivity contribution in [2.45, 2.75) is 18.2 Å². The van der Waals surface area contributed by atoms with Crippen molar-refractivity contribution < 1.29 is 8.42 Å². The van der Waals surface area contributed by atoms with Crippen molar-refractivity contribution in [1.82, 2.24) is 19.7 Å². The fraction of sp³-hybridized carbons (Fsp3) is 0.615. The van der Waals surface area contributed by atoms with E-state index in [9.17, 15) is 8.42 Å². The molecule has 1 fully saturated rings. The first kappa shape index (κ1) is 16.2. The Hall–Kier alpha value is -1.22. The van der Waals surface area contributed by atoms with Crippen LogP contribution in [0.25, 0.3) is 0 Å². The molecule has 0 bridgehead atoms. The van der Waals surface area contributed by atoms with Crippen molar-refractivity contribution >= 4 is 15.8 Å². The fourth-order valence-corrected chi connectivity index (χ4v) is 3.36. The van der Waals surface area contributed by atoms with Gasteiger partial charge in [-0.25, -0.2) is 18.4 Å². The highest BCUT2D eigenvalue weighted by Gasteiger charge is 2.24. The number of anilines is 1. The van der Waals surface area contributed by atoms with Gasteiger partial charge in [0.2, 0.25) is 0 Å². The molecule has 0 amide bonds. The zero-order chi connectivity index (χ0) is 15.3. The standard InChI is InChI=1S/C13H23N5O2S/c1-3-6-14-13-12(5-4-7-15-13)21(19,20)16-18-10-8-17(2)9-11-18/h4-5,7,16H,3,6,8-11H2,1-2H3,(H,14,15). The van der Waals surface area contributed by atoms with E-state index in [1.165, 1.54) is 0 Å². The maximum absolute atomic E-state index is 12.5. The van der Waals surface area contributed by atoms with Crippen molar-refractivity contribution in [2.24, 2.45) is 0 Å². The third kappa shape index (κ3) is 4.37. The fourth-order valence-electron chi connectivity index (χ4n) is 2.10. The number of aromatic nitrogens is 1. The van der Waals surface area contributed by atoms with Crippen LogP contribution in [0.4, 0.5) is 5.82 Å². The summed E-state index contributed by atoms with van der Waals surface area (Å²) in [6.07, 6.45) is 2.49. The maximum atomic E-state index is 12.5. The smallest absolute Gasteiger partial charge is 0.257 e. The SMILES string of the molecule is CCCNc1ncccc1S(=O)(=O)NN1CCN(C)CC1. The average molecular weight is 313 g/mol. The number of hydrogen-bond donors (Lipinski definition) is 2. The van der Waals surface area contributed by atoms with E-state index in [0.717, 1.165) is 19.5 Å². The first-order chi connectivity index (χ1) is 10.0. The van der Waals surface area contributed by atoms with Gasteiger partial charge < -0.3 is 10.2 Å². The van der Waals surface area contributed by atoms with Gasteiger partial charge in [0, 0.05) is 38.9 Å². The Morgan fingerprint density at radius 2 is 2.00 bits per heavy atom. The molecular formula is C13H23N5O2S. The van der Waals surface area contributed by atoms with Gasteiger partial charge in [0.05, 0.1) is 0 Å². The van der Waals surface area contributed by atoms with Crippen LogP contribution in [0.2, 0.25) is 0 Å². The van der Waals surface area contributed by atoms with Crippen molar-refractivity contribution in [2.75, 3.05) is 45.1 Å². The summed E-state index contributed by atoms with van der Waals surface area (Å²) in [5.41, 5.74) is 0. The Labute approximate surface area is 126 Å². The van der Waals surface area contributed by atoms with Gasteiger partial charge in [0.1, 0.15) is 10.7 Å². The highest BCUT2D eigenvalue weighted by atomic mass is 32.2. The monoisotopic (exact) mass is 313 g/mol. The van der Waals surface area contributed by atoms with Crippen LogP contribution in [-0.2, 0) is 10.0 Å². The van der Waals surface area contributed by atoms with Gasteiger partial charge in [-0.05, 0) is 25.6 Å². The van der Waals surface area contributed by atoms with Crippen LogP contribution in [0, 0.1) is 0 Å². The molecule has 1 aromatic rings. The first-order valence-corrected chi connectivity index (χ1v) is 8.66. The topological polar surface area (TPSA) is 77.6 Å². The number of sulfonamides is 1. The molecule has 1 saturated heterocycles. The lowest BCUT2D eigenvalue weighted by Crippen LogP contribution is -2.52. The number of likely N-dealkylation sites (N-methyl/N-ethyl adjacent to an activating group) is 1. The second-order valence-electron chi connectivity index (χ2n) is 5.16. The zero-order valence-electron chi connectivity index (χ0n) is 12.5. The molecule has 2 heterocycles. The van der Waals surface area contributed by atoms with E-state index in [1.807, 2.05) is 14.0 Å². The lowest BCUT2D eigenvalue weighted by molar-refractivity contribution is 0.135. The Morgan fingerprint density at radius 3 is 2.67 bits per heavy atom. The molecule has 0 spiro atoms. The van der Waals surface area contributed by atoms with E-state index in [2.05, 4.69) is 20.0 Å². The second-order valence-corrected chi connectivity index (χ2v) is 6.79. The van der Waals surface area contributed by atoms with Gasteiger partial charge in [-0.3, -0.25) is 0 Å². The van der Waals surface area contributed by atoms with Crippen molar-refractivity contribution in [3.8, 4) is 0 Å². The minimum Gasteiger partial charge on any atom is -0.369 e. The predicted molar refractivity (Wildman–Crippen MR) is 82.4 cm³/mol. The molecule has 2 rings (SSSR count). The summed E-state index contributed by atoms with van der Waals surface area (Å²) >= 11 is 0. The van der Waals surface area contributed by atoms with E-state index in [4.69, 9.17) is 0 Å². The summed E-state index contributed by atoms with van der Waals surface area (Å²) in [5, 5.41) is 4.80. The summed E-state index contributed by atoms with van der Waals surface area (Å²) < 4.78 is 25.0. The molecule has 2 N–H and O–H groups in total. The predicted octanol–water partition coefficient (Wildman–Crippen LogP) is 0.344. The number of hydrogen-bond acceptors (Lipinski definition) is 6. The van der Waals surface area contributed by atoms with Crippen LogP contribution >= 0.6 is 0 Å². The highest BCUT2D eigenvalue weighted by molar-refractivity contribution is 7.89. The van der Waals surface area contributed by atoms with Gasteiger partial charge in [-0.1, -0.05) is 6.92 Å². The molecule has 1 aliphatic heterocycles. The molecule has 0 radical (unpaired) electrons. The van der Waals surface area contributed by atoms with E-state index < -0.39 is 10.0 Å². The molecular weight excluding hydrogens is 290 g/mol. The van der Waals surface area contributed by atoms with Gasteiger partial charge >= 0.3 is 0 Å². The quantitative estimate of drug-likeness (QED) is 0.789. The number of nitrogens with zero attached hydrogens (tertiary/aromatic N) is 3. The summed E-state index contributed by atoms with van der Waals surface area (Å²) in [5.74, 6) is 0.404. The van der Waals surface area contributed by atoms with Crippen LogP contribution in [0.15, 0.2) is 23.2 Å². The van der Waals surface area contributed by atoms with E-state index in [-0.39, 0.29) is 4.90 Å². The van der Waals surface area contributed by atoms with E-state index in [0.29, 0.717) is 25.5 Å². The number of piperazine rings is 1. The highest BCUT2D eigenvalue weighted by Crippen LogP contribution is 2.18. The Balaban J connectivity index is 2.12. The van der Waals surface area contributed by atoms with Crippen LogP contribution in [0.5, 0.6) is 0 Å². The summed E-state index contributed by atoms with van der Waals surface area (Å²) in [6.45, 7) is 5.75. The lowest BCUT2D eigenvalue weighted by Gasteiger charge is -2.32. The average Bonchev–Trinajstić information content (AvgIpc) is 2.47. The van der Waals surface area contributed by atoms with Gasteiger partial charge in [0.25, 0.3) is 10.0 Å². The molecule has 7 nitrogen and oxygen atoms in total. The molecule has 1 aromatic heterocycles. The van der Waals surface area contributed by atoms with E-state index >= 15 is 0 Å². The Bertz CT molecular complexity index is 555. The maximum Gasteiger partial charge on any atom is 0.257 e. The molecule has 0 atom stereocenters. The number of nitrogens with one attached hydrogen (secondary N) is 2. The minimum absolute atomic E-state index is 0.192. The third-order valence-corrected chi connectivity index (χ3v) is 4.76. The molecule has 1 aliphatic rings. The molecule has 0 aliphatic carbocycles. The van der Waals surface area contributed by atoms with Gasteiger partial charge in [-0.15, -0.1) is 4.83 Å². The van der Waals surface area contributed by atoms with Gasteiger partial charge in [-0.2, -0.15) is 0 Å². The molecule has 21 heavy (non-hydrogen) atoms. The van der Waals surface area contributed by atoms with Crippen molar-refractivity contribution in [3.63, 3.8) is 0 Å². The van der Waals surface area contributed by atoms with Crippen LogP contribution < -0.4 is 10.1 Å². The molecule has 0 unspecified atom stereocenters. The molecule has 0 aromatic carbocycles. The normalized spacial score (nSPS) is 17.8. The Morgan fingerprint density at radius 1 is 1.29 bits per heavy atom. The molecule has 8 heteroatoms. The second kappa shape index (κ2) is 7.17. The Kier molecular flexibility index (Phi) is 5.51. The number of rotatable bonds is 6. The first-order valence-electron chi connectivity index (χ1n) is 7.18. The lowest BCUT2D eigenvalue weighted by atomic mass is 10.4. The van der Waals surface area contributed by atoms with Crippen LogP contribution in [-0.4, -0.2) is 63.1 Å². The largest absolute Gasteiger partial charge is 0.369 e. The van der Waals surface area contributed by atoms with Gasteiger partial charge in [0.15, 0.2) is 0 Å². The summed E-state index contributed by atoms with van der Waals surface area (Å²) in [4.78, 5) is 9.14. The van der Waals surface area contributed by atoms with Crippen molar-refractivity contribution in [3.05, 3.63) is 18.3 Å². The summed E-state index contributed by atoms with van der Waals surface area (Å²) in [6, 6.07) is 3.21. The third-order valence-electron chi connectivity index (χ3n) is 3.36. The van der Waals surface area contributed by atoms with E-state index in [1.54, 1.807) is 23.3 Å². The summed E-state index contributed by atoms with van der Waals surface area (Å²) in [7, 11) is -1.58. The van der Waals surface area contributed by atoms with Crippen molar-refractivity contribution in [1.29, 1.82) is 0 Å². The molecule has 0 saturated carbocycles. The van der Waals surface area contributed by atoms with Crippen LogP contribution in [0.3, 0.4) is 0 Å². The number of hydrazine groups is 1. The number of pyridine rings is 1.